The van der Waals surface area contributed by atoms with Crippen molar-refractivity contribution in [3.63, 3.8) is 0 Å². The van der Waals surface area contributed by atoms with Crippen LogP contribution in [0.5, 0.6) is 0 Å². The van der Waals surface area contributed by atoms with Crippen molar-refractivity contribution < 1.29 is 19.0 Å². The maximum absolute atomic E-state index is 11.4. The Morgan fingerprint density at radius 1 is 1.00 bits per heavy atom. The van der Waals surface area contributed by atoms with Crippen LogP contribution in [0.4, 0.5) is 0 Å². The summed E-state index contributed by atoms with van der Waals surface area (Å²) >= 11 is 0. The van der Waals surface area contributed by atoms with Crippen LogP contribution >= 0.6 is 0 Å². The fourth-order valence-electron chi connectivity index (χ4n) is 1.57. The molecule has 1 N–H and O–H groups in total. The van der Waals surface area contributed by atoms with Gasteiger partial charge in [0.05, 0.1) is 17.8 Å². The van der Waals surface area contributed by atoms with Gasteiger partial charge in [-0.1, -0.05) is 0 Å². The van der Waals surface area contributed by atoms with Crippen LogP contribution in [-0.4, -0.2) is 50.6 Å². The molecule has 0 aromatic rings. The molecular weight excluding hydrogens is 258 g/mol. The van der Waals surface area contributed by atoms with Gasteiger partial charge >= 0.3 is 0 Å². The summed E-state index contributed by atoms with van der Waals surface area (Å²) in [5.41, 5.74) is -0.575. The number of hydrogen-bond acceptors (Lipinski definition) is 4. The summed E-state index contributed by atoms with van der Waals surface area (Å²) in [4.78, 5) is 11.4. The lowest BCUT2D eigenvalue weighted by molar-refractivity contribution is -0.133. The molecule has 0 heterocycles. The molecule has 0 unspecified atom stereocenters. The predicted octanol–water partition coefficient (Wildman–Crippen LogP) is 2.14. The van der Waals surface area contributed by atoms with Crippen molar-refractivity contribution in [3.05, 3.63) is 0 Å². The Morgan fingerprint density at radius 2 is 1.55 bits per heavy atom. The minimum absolute atomic E-state index is 0.0816. The SMILES string of the molecule is CCNC(=O)COC(C)(C)CCOC(C)(C)CCOC. The number of likely N-dealkylation sites (N-methyl/N-ethyl adjacent to an activating group) is 1. The van der Waals surface area contributed by atoms with Crippen molar-refractivity contribution in [2.24, 2.45) is 0 Å². The maximum Gasteiger partial charge on any atom is 0.246 e. The summed E-state index contributed by atoms with van der Waals surface area (Å²) in [6, 6.07) is 0. The molecule has 5 heteroatoms. The van der Waals surface area contributed by atoms with Gasteiger partial charge in [-0.3, -0.25) is 4.79 Å². The van der Waals surface area contributed by atoms with E-state index in [0.717, 1.165) is 12.8 Å². The zero-order chi connectivity index (χ0) is 15.6. The highest BCUT2D eigenvalue weighted by Gasteiger charge is 2.23. The van der Waals surface area contributed by atoms with E-state index in [4.69, 9.17) is 14.2 Å². The summed E-state index contributed by atoms with van der Waals surface area (Å²) in [5.74, 6) is -0.0816. The Hall–Kier alpha value is -0.650. The van der Waals surface area contributed by atoms with E-state index in [2.05, 4.69) is 19.2 Å². The summed E-state index contributed by atoms with van der Waals surface area (Å²) in [6.07, 6.45) is 1.59. The molecule has 0 spiro atoms. The van der Waals surface area contributed by atoms with E-state index >= 15 is 0 Å². The van der Waals surface area contributed by atoms with Crippen molar-refractivity contribution in [3.8, 4) is 0 Å². The predicted molar refractivity (Wildman–Crippen MR) is 79.9 cm³/mol. The Balaban J connectivity index is 3.94. The topological polar surface area (TPSA) is 56.8 Å². The molecule has 0 aliphatic rings. The zero-order valence-electron chi connectivity index (χ0n) is 13.9. The average Bonchev–Trinajstić information content (AvgIpc) is 2.34. The largest absolute Gasteiger partial charge is 0.385 e. The highest BCUT2D eigenvalue weighted by atomic mass is 16.5. The molecule has 0 aliphatic carbocycles. The molecule has 0 atom stereocenters. The molecule has 0 rings (SSSR count). The molecule has 120 valence electrons. The highest BCUT2D eigenvalue weighted by Crippen LogP contribution is 2.19. The fraction of sp³-hybridized carbons (Fsp3) is 0.933. The van der Waals surface area contributed by atoms with Gasteiger partial charge in [0.15, 0.2) is 0 Å². The van der Waals surface area contributed by atoms with E-state index in [9.17, 15) is 4.79 Å². The van der Waals surface area contributed by atoms with Crippen LogP contribution in [0.25, 0.3) is 0 Å². The van der Waals surface area contributed by atoms with Crippen LogP contribution in [0.2, 0.25) is 0 Å². The first kappa shape index (κ1) is 19.4. The van der Waals surface area contributed by atoms with Crippen LogP contribution in [0.1, 0.15) is 47.5 Å². The van der Waals surface area contributed by atoms with Gasteiger partial charge in [0.2, 0.25) is 5.91 Å². The van der Waals surface area contributed by atoms with Crippen molar-refractivity contribution in [2.45, 2.75) is 58.7 Å². The summed E-state index contributed by atoms with van der Waals surface area (Å²) < 4.78 is 16.5. The Morgan fingerprint density at radius 3 is 2.10 bits per heavy atom. The Bertz CT molecular complexity index is 277. The molecule has 0 bridgehead atoms. The number of carbonyl (C=O) groups excluding carboxylic acids is 1. The molecule has 5 nitrogen and oxygen atoms in total. The number of hydrogen-bond donors (Lipinski definition) is 1. The maximum atomic E-state index is 11.4. The van der Waals surface area contributed by atoms with Gasteiger partial charge < -0.3 is 19.5 Å². The average molecular weight is 289 g/mol. The number of carbonyl (C=O) groups is 1. The standard InChI is InChI=1S/C15H31NO4/c1-7-16-13(17)12-20-15(4,5)9-11-19-14(2,3)8-10-18-6/h7-12H2,1-6H3,(H,16,17). The first-order chi connectivity index (χ1) is 9.22. The molecule has 0 aromatic carbocycles. The van der Waals surface area contributed by atoms with E-state index in [-0.39, 0.29) is 23.7 Å². The number of ether oxygens (including phenoxy) is 3. The second-order valence-corrected chi connectivity index (χ2v) is 6.10. The van der Waals surface area contributed by atoms with E-state index in [0.29, 0.717) is 19.8 Å². The van der Waals surface area contributed by atoms with Gasteiger partial charge in [-0.05, 0) is 47.5 Å². The van der Waals surface area contributed by atoms with Crippen LogP contribution in [0, 0.1) is 0 Å². The minimum Gasteiger partial charge on any atom is -0.385 e. The van der Waals surface area contributed by atoms with Crippen LogP contribution in [0.3, 0.4) is 0 Å². The second kappa shape index (κ2) is 9.32. The van der Waals surface area contributed by atoms with Crippen molar-refractivity contribution in [1.82, 2.24) is 5.32 Å². The normalized spacial score (nSPS) is 12.5. The quantitative estimate of drug-likeness (QED) is 0.633. The third-order valence-corrected chi connectivity index (χ3v) is 3.07. The summed E-state index contributed by atoms with van der Waals surface area (Å²) in [7, 11) is 1.69. The van der Waals surface area contributed by atoms with E-state index in [1.165, 1.54) is 0 Å². The van der Waals surface area contributed by atoms with Crippen molar-refractivity contribution in [2.75, 3.05) is 33.5 Å². The lowest BCUT2D eigenvalue weighted by atomic mass is 10.0. The van der Waals surface area contributed by atoms with Crippen molar-refractivity contribution >= 4 is 5.91 Å². The number of nitrogens with one attached hydrogen (secondary N) is 1. The Kier molecular flexibility index (Phi) is 9.01. The number of rotatable bonds is 11. The lowest BCUT2D eigenvalue weighted by Crippen LogP contribution is -2.35. The third-order valence-electron chi connectivity index (χ3n) is 3.07. The number of methoxy groups -OCH3 is 1. The first-order valence-electron chi connectivity index (χ1n) is 7.26. The second-order valence-electron chi connectivity index (χ2n) is 6.10. The molecule has 0 aliphatic heterocycles. The Labute approximate surface area is 123 Å². The molecule has 0 fully saturated rings. The molecule has 0 saturated carbocycles. The van der Waals surface area contributed by atoms with Crippen molar-refractivity contribution in [1.29, 1.82) is 0 Å². The first-order valence-corrected chi connectivity index (χ1v) is 7.26. The van der Waals surface area contributed by atoms with E-state index < -0.39 is 0 Å². The molecule has 0 aromatic heterocycles. The van der Waals surface area contributed by atoms with Crippen LogP contribution < -0.4 is 5.32 Å². The minimum atomic E-state index is -0.373. The van der Waals surface area contributed by atoms with Gasteiger partial charge in [0.1, 0.15) is 6.61 Å². The van der Waals surface area contributed by atoms with Crippen LogP contribution in [-0.2, 0) is 19.0 Å². The summed E-state index contributed by atoms with van der Waals surface area (Å²) in [5, 5.41) is 2.71. The smallest absolute Gasteiger partial charge is 0.246 e. The fourth-order valence-corrected chi connectivity index (χ4v) is 1.57. The molecule has 0 radical (unpaired) electrons. The van der Waals surface area contributed by atoms with E-state index in [1.807, 2.05) is 20.8 Å². The van der Waals surface area contributed by atoms with Gasteiger partial charge in [-0.25, -0.2) is 0 Å². The number of amides is 1. The third kappa shape index (κ3) is 10.2. The van der Waals surface area contributed by atoms with Gasteiger partial charge in [-0.2, -0.15) is 0 Å². The highest BCUT2D eigenvalue weighted by molar-refractivity contribution is 5.77. The van der Waals surface area contributed by atoms with Gasteiger partial charge in [0.25, 0.3) is 0 Å². The molecule has 1 amide bonds. The molecule has 0 saturated heterocycles. The van der Waals surface area contributed by atoms with Gasteiger partial charge in [-0.15, -0.1) is 0 Å². The molecule has 20 heavy (non-hydrogen) atoms. The van der Waals surface area contributed by atoms with E-state index in [1.54, 1.807) is 7.11 Å². The summed E-state index contributed by atoms with van der Waals surface area (Å²) in [6.45, 7) is 11.9. The van der Waals surface area contributed by atoms with Crippen LogP contribution in [0.15, 0.2) is 0 Å². The lowest BCUT2D eigenvalue weighted by Gasteiger charge is -2.29. The molecular formula is C15H31NO4. The van der Waals surface area contributed by atoms with Gasteiger partial charge in [0, 0.05) is 20.3 Å². The monoisotopic (exact) mass is 289 g/mol. The zero-order valence-corrected chi connectivity index (χ0v) is 13.9.